The minimum atomic E-state index is 1.12. The molecule has 0 saturated heterocycles. The van der Waals surface area contributed by atoms with E-state index in [1.54, 1.807) is 0 Å². The molecular formula is C14H14BBr. The molecule has 0 heterocycles. The van der Waals surface area contributed by atoms with Gasteiger partial charge in [-0.2, -0.15) is 0 Å². The number of rotatable bonds is 1. The first-order valence-corrected chi connectivity index (χ1v) is 6.21. The summed E-state index contributed by atoms with van der Waals surface area (Å²) < 4.78 is 1.12. The number of benzene rings is 2. The van der Waals surface area contributed by atoms with Crippen LogP contribution in [0.2, 0.25) is 0 Å². The zero-order valence-corrected chi connectivity index (χ0v) is 11.4. The first kappa shape index (κ1) is 11.5. The average Bonchev–Trinajstić information content (AvgIpc) is 2.26. The fourth-order valence-electron chi connectivity index (χ4n) is 1.84. The largest absolute Gasteiger partial charge is 0.139 e. The molecule has 0 unspecified atom stereocenters. The molecule has 0 saturated carbocycles. The van der Waals surface area contributed by atoms with Gasteiger partial charge in [0, 0.05) is 4.47 Å². The van der Waals surface area contributed by atoms with Crippen LogP contribution in [-0.4, -0.2) is 7.85 Å². The van der Waals surface area contributed by atoms with Crippen LogP contribution in [-0.2, 0) is 0 Å². The van der Waals surface area contributed by atoms with Crippen LogP contribution in [0.4, 0.5) is 0 Å². The third kappa shape index (κ3) is 2.22. The maximum Gasteiger partial charge on any atom is 0.139 e. The smallest absolute Gasteiger partial charge is 0.0832 e. The summed E-state index contributed by atoms with van der Waals surface area (Å²) in [6.07, 6.45) is 0. The number of aryl methyl sites for hydroxylation is 2. The summed E-state index contributed by atoms with van der Waals surface area (Å²) in [6.45, 7) is 4.34. The van der Waals surface area contributed by atoms with Gasteiger partial charge in [-0.25, -0.2) is 0 Å². The first-order valence-electron chi connectivity index (χ1n) is 5.42. The van der Waals surface area contributed by atoms with E-state index >= 15 is 0 Å². The van der Waals surface area contributed by atoms with E-state index in [1.807, 2.05) is 0 Å². The minimum absolute atomic E-state index is 1.12. The van der Waals surface area contributed by atoms with Crippen molar-refractivity contribution in [3.8, 4) is 11.1 Å². The molecule has 0 bridgehead atoms. The summed E-state index contributed by atoms with van der Waals surface area (Å²) >= 11 is 3.46. The Morgan fingerprint density at radius 3 is 1.88 bits per heavy atom. The summed E-state index contributed by atoms with van der Waals surface area (Å²) in [6, 6.07) is 13.0. The van der Waals surface area contributed by atoms with Crippen LogP contribution in [0.25, 0.3) is 11.1 Å². The summed E-state index contributed by atoms with van der Waals surface area (Å²) in [5.74, 6) is 0. The fraction of sp³-hybridized carbons (Fsp3) is 0.143. The van der Waals surface area contributed by atoms with E-state index in [1.165, 1.54) is 27.7 Å². The van der Waals surface area contributed by atoms with Crippen molar-refractivity contribution in [1.82, 2.24) is 0 Å². The Kier molecular flexibility index (Phi) is 3.20. The highest BCUT2D eigenvalue weighted by Crippen LogP contribution is 2.22. The molecule has 0 atom stereocenters. The molecule has 0 nitrogen and oxygen atoms in total. The normalized spacial score (nSPS) is 10.4. The van der Waals surface area contributed by atoms with Gasteiger partial charge in [-0.3, -0.25) is 0 Å². The Labute approximate surface area is 106 Å². The zero-order valence-electron chi connectivity index (χ0n) is 9.84. The predicted octanol–water partition coefficient (Wildman–Crippen LogP) is 2.99. The van der Waals surface area contributed by atoms with Crippen LogP contribution >= 0.6 is 15.9 Å². The van der Waals surface area contributed by atoms with E-state index < -0.39 is 0 Å². The molecule has 0 aliphatic rings. The number of halogens is 1. The molecule has 0 aliphatic heterocycles. The zero-order chi connectivity index (χ0) is 11.7. The van der Waals surface area contributed by atoms with Crippen molar-refractivity contribution < 1.29 is 0 Å². The SMILES string of the molecule is Bc1c(C)cc(-c2ccc(Br)cc2)cc1C. The minimum Gasteiger partial charge on any atom is -0.0832 e. The van der Waals surface area contributed by atoms with Crippen LogP contribution in [0, 0.1) is 13.8 Å². The van der Waals surface area contributed by atoms with E-state index in [4.69, 9.17) is 0 Å². The summed E-state index contributed by atoms with van der Waals surface area (Å²) in [4.78, 5) is 0. The molecule has 0 aromatic heterocycles. The van der Waals surface area contributed by atoms with Gasteiger partial charge in [-0.1, -0.05) is 56.8 Å². The highest BCUT2D eigenvalue weighted by atomic mass is 79.9. The topological polar surface area (TPSA) is 0 Å². The van der Waals surface area contributed by atoms with Gasteiger partial charge in [0.25, 0.3) is 0 Å². The summed E-state index contributed by atoms with van der Waals surface area (Å²) in [5, 5.41) is 0. The lowest BCUT2D eigenvalue weighted by atomic mass is 9.84. The van der Waals surface area contributed by atoms with Crippen molar-refractivity contribution in [3.63, 3.8) is 0 Å². The summed E-state index contributed by atoms with van der Waals surface area (Å²) in [5.41, 5.74) is 6.68. The Morgan fingerprint density at radius 1 is 0.875 bits per heavy atom. The summed E-state index contributed by atoms with van der Waals surface area (Å²) in [7, 11) is 2.18. The fourth-order valence-corrected chi connectivity index (χ4v) is 2.11. The second-order valence-corrected chi connectivity index (χ2v) is 5.16. The molecule has 16 heavy (non-hydrogen) atoms. The lowest BCUT2D eigenvalue weighted by Gasteiger charge is -2.09. The first-order chi connectivity index (χ1) is 7.58. The molecule has 2 rings (SSSR count). The molecular weight excluding hydrogens is 259 g/mol. The van der Waals surface area contributed by atoms with Gasteiger partial charge < -0.3 is 0 Å². The quantitative estimate of drug-likeness (QED) is 0.701. The highest BCUT2D eigenvalue weighted by molar-refractivity contribution is 9.10. The van der Waals surface area contributed by atoms with Crippen molar-refractivity contribution in [3.05, 3.63) is 52.0 Å². The van der Waals surface area contributed by atoms with Gasteiger partial charge in [0.15, 0.2) is 0 Å². The van der Waals surface area contributed by atoms with Gasteiger partial charge in [0.1, 0.15) is 7.85 Å². The number of hydrogen-bond acceptors (Lipinski definition) is 0. The van der Waals surface area contributed by atoms with Crippen LogP contribution in [0.5, 0.6) is 0 Å². The molecule has 0 fully saturated rings. The van der Waals surface area contributed by atoms with Crippen LogP contribution in [0.15, 0.2) is 40.9 Å². The maximum atomic E-state index is 3.46. The van der Waals surface area contributed by atoms with Gasteiger partial charge in [0.05, 0.1) is 0 Å². The van der Waals surface area contributed by atoms with E-state index in [2.05, 4.69) is 74.0 Å². The Bertz CT molecular complexity index is 492. The van der Waals surface area contributed by atoms with Crippen molar-refractivity contribution in [2.24, 2.45) is 0 Å². The molecule has 2 aromatic carbocycles. The molecule has 2 aromatic rings. The average molecular weight is 273 g/mol. The molecule has 80 valence electrons. The Hall–Kier alpha value is -1.02. The highest BCUT2D eigenvalue weighted by Gasteiger charge is 2.02. The van der Waals surface area contributed by atoms with Crippen molar-refractivity contribution >= 4 is 29.2 Å². The van der Waals surface area contributed by atoms with Gasteiger partial charge in [-0.05, 0) is 37.1 Å². The van der Waals surface area contributed by atoms with Gasteiger partial charge in [-0.15, -0.1) is 0 Å². The third-order valence-electron chi connectivity index (χ3n) is 3.10. The van der Waals surface area contributed by atoms with Crippen LogP contribution in [0.1, 0.15) is 11.1 Å². The maximum absolute atomic E-state index is 3.46. The number of hydrogen-bond donors (Lipinski definition) is 0. The van der Waals surface area contributed by atoms with Crippen LogP contribution < -0.4 is 5.46 Å². The molecule has 0 radical (unpaired) electrons. The van der Waals surface area contributed by atoms with E-state index in [-0.39, 0.29) is 0 Å². The molecule has 0 aliphatic carbocycles. The van der Waals surface area contributed by atoms with E-state index in [0.29, 0.717) is 0 Å². The molecule has 0 amide bonds. The Morgan fingerprint density at radius 2 is 1.38 bits per heavy atom. The van der Waals surface area contributed by atoms with E-state index in [9.17, 15) is 0 Å². The third-order valence-corrected chi connectivity index (χ3v) is 3.63. The van der Waals surface area contributed by atoms with Gasteiger partial charge >= 0.3 is 0 Å². The second-order valence-electron chi connectivity index (χ2n) is 4.24. The van der Waals surface area contributed by atoms with Gasteiger partial charge in [0.2, 0.25) is 0 Å². The lowest BCUT2D eigenvalue weighted by molar-refractivity contribution is 1.43. The van der Waals surface area contributed by atoms with Crippen molar-refractivity contribution in [2.75, 3.05) is 0 Å². The predicted molar refractivity (Wildman–Crippen MR) is 77.2 cm³/mol. The Balaban J connectivity index is 2.52. The molecule has 2 heteroatoms. The van der Waals surface area contributed by atoms with Crippen molar-refractivity contribution in [2.45, 2.75) is 13.8 Å². The van der Waals surface area contributed by atoms with Crippen LogP contribution in [0.3, 0.4) is 0 Å². The monoisotopic (exact) mass is 272 g/mol. The second kappa shape index (κ2) is 4.46. The van der Waals surface area contributed by atoms with Crippen molar-refractivity contribution in [1.29, 1.82) is 0 Å². The molecule has 0 spiro atoms. The standard InChI is InChI=1S/C14H14BBr/c1-9-7-12(8-10(2)14(9)15)11-3-5-13(16)6-4-11/h3-8H,15H2,1-2H3. The lowest BCUT2D eigenvalue weighted by Crippen LogP contribution is -2.11. The van der Waals surface area contributed by atoms with E-state index in [0.717, 1.165) is 4.47 Å². The molecule has 0 N–H and O–H groups in total.